The molecule has 3 spiro atoms. The summed E-state index contributed by atoms with van der Waals surface area (Å²) in [7, 11) is -6.15. The lowest BCUT2D eigenvalue weighted by molar-refractivity contribution is -0.140. The summed E-state index contributed by atoms with van der Waals surface area (Å²) in [5.41, 5.74) is -6.86. The molecule has 24 nitrogen and oxygen atoms in total. The van der Waals surface area contributed by atoms with E-state index in [2.05, 4.69) is 58.8 Å². The van der Waals surface area contributed by atoms with Gasteiger partial charge in [-0.25, -0.2) is 38.4 Å². The Labute approximate surface area is 661 Å². The highest BCUT2D eigenvalue weighted by Crippen LogP contribution is 2.40. The number of sulfonamides is 2. The molecule has 42 heteroatoms. The molecular formula is C71H80BrCl2F12N9O15S3. The Hall–Kier alpha value is -7.61. The number of nitrogens with one attached hydrogen (secondary N) is 4. The molecule has 6 heterocycles. The van der Waals surface area contributed by atoms with E-state index in [1.54, 1.807) is 25.1 Å². The number of aliphatic hydroxyl groups excluding tert-OH is 4. The maximum absolute atomic E-state index is 14.6. The fourth-order valence-electron chi connectivity index (χ4n) is 11.7. The first-order valence-electron chi connectivity index (χ1n) is 33.8. The molecule has 6 aliphatic rings. The van der Waals surface area contributed by atoms with Gasteiger partial charge in [-0.1, -0.05) is 54.2 Å². The fraction of sp³-hybridized carbons (Fsp3) is 0.437. The van der Waals surface area contributed by atoms with Crippen LogP contribution in [0.5, 0.6) is 11.5 Å². The van der Waals surface area contributed by atoms with Crippen molar-refractivity contribution < 1.29 is 122 Å². The number of carbonyl (C=O) groups is 3. The van der Waals surface area contributed by atoms with Crippen molar-refractivity contribution in [3.63, 3.8) is 0 Å². The van der Waals surface area contributed by atoms with Gasteiger partial charge in [0, 0.05) is 70.9 Å². The SMILES string of the molecule is C.C=CS(=O)(=O)N1CCC2(CC1)N=C(c1cccc(C(F)(F)F)c1F)NC2=O.Cc1cc(OCCC(O)CO)ccc1/C=C/S(=O)(=O)N1CCC2(CC1)N=C(c1cccc(C(F)(F)F)c1F)NC2=O.Cc1cc(OCCC(O)CO)ccc1Br.O=C1NC(c2cccc(C(F)(F)F)c2F)=NC12CCNCC2.O=S(=O)(Cl)CCCl. The van der Waals surface area contributed by atoms with Crippen molar-refractivity contribution in [1.29, 1.82) is 0 Å². The third-order valence-electron chi connectivity index (χ3n) is 18.1. The zero-order chi connectivity index (χ0) is 83.2. The predicted molar refractivity (Wildman–Crippen MR) is 401 cm³/mol. The molecule has 0 saturated carbocycles. The molecule has 5 aromatic carbocycles. The number of nitrogens with zero attached hydrogens (tertiary/aromatic N) is 5. The molecule has 11 rings (SSSR count). The topological polar surface area (TPSA) is 345 Å². The smallest absolute Gasteiger partial charge is 0.419 e. The van der Waals surface area contributed by atoms with E-state index >= 15 is 0 Å². The maximum Gasteiger partial charge on any atom is 0.419 e. The number of rotatable bonds is 20. The summed E-state index contributed by atoms with van der Waals surface area (Å²) >= 11 is 8.43. The van der Waals surface area contributed by atoms with Gasteiger partial charge in [-0.3, -0.25) is 29.4 Å². The van der Waals surface area contributed by atoms with Gasteiger partial charge in [0.05, 0.1) is 77.8 Å². The second-order valence-corrected chi connectivity index (χ2v) is 33.6. The van der Waals surface area contributed by atoms with Gasteiger partial charge >= 0.3 is 18.5 Å². The minimum Gasteiger partial charge on any atom is -0.493 e. The lowest BCUT2D eigenvalue weighted by atomic mass is 9.89. The van der Waals surface area contributed by atoms with Crippen LogP contribution >= 0.6 is 38.2 Å². The van der Waals surface area contributed by atoms with E-state index in [1.807, 2.05) is 25.1 Å². The van der Waals surface area contributed by atoms with Gasteiger partial charge in [0.2, 0.25) is 29.1 Å². The molecular weight excluding hydrogens is 1690 g/mol. The number of ether oxygens (including phenoxy) is 2. The number of amides is 3. The summed E-state index contributed by atoms with van der Waals surface area (Å²) in [5, 5.41) is 48.0. The summed E-state index contributed by atoms with van der Waals surface area (Å²) < 4.78 is 243. The van der Waals surface area contributed by atoms with Gasteiger partial charge in [0.1, 0.15) is 63.1 Å². The number of benzene rings is 5. The van der Waals surface area contributed by atoms with Crippen molar-refractivity contribution in [1.82, 2.24) is 29.9 Å². The number of carbonyl (C=O) groups excluding carboxylic acids is 3. The number of piperidine rings is 3. The number of hydrogen-bond donors (Lipinski definition) is 8. The molecule has 8 N–H and O–H groups in total. The highest BCUT2D eigenvalue weighted by Gasteiger charge is 2.51. The first-order valence-corrected chi connectivity index (χ1v) is 40.6. The standard InChI is InChI=1S/C27H29F4N3O6S.C16H15F4N3O3S.C14H13F4N3O.C11H15BrO3.C2H4Cl2O2S.CH4/c1-17-15-20(40-13-7-19(36)16-35)6-5-18(17)8-14-41(38,39)34-11-9-26(10-12-34)25(37)32-24(33-26)21-3-2-4-22(23(21)28)27(29,30)31;1-2-27(25,26)23-8-6-15(7-9-23)14(24)21-13(22-15)10-4-3-5-11(12(10)17)16(18,19)20;15-10-8(2-1-3-9(10)14(16,17)18)11-20-12(22)13(21-11)4-6-19-7-5-13;1-8-6-10(2-3-11(8)12)15-5-4-9(14)7-13;3-1-2-7(4,5)6;/h2-6,8,14-15,19,35-36H,7,9-13,16H2,1H3,(H,32,33,37);2-5H,1,6-9H2,(H,21,22,24);1-3,19H,4-7H2,(H,20,21,22);2-3,6,9,13-14H,4-5,7H2,1H3;1-2H2;1H4/b14-8+;;;;;. The van der Waals surface area contributed by atoms with Crippen molar-refractivity contribution in [2.45, 2.75) is 120 Å². The molecule has 5 aromatic rings. The number of hydrogen-bond acceptors (Lipinski definition) is 19. The van der Waals surface area contributed by atoms with E-state index in [0.717, 1.165) is 66.8 Å². The van der Waals surface area contributed by atoms with Crippen molar-refractivity contribution >= 4 is 109 Å². The van der Waals surface area contributed by atoms with E-state index < -0.39 is 134 Å². The Bertz CT molecular complexity index is 4730. The minimum atomic E-state index is -4.92. The number of alkyl halides is 10. The van der Waals surface area contributed by atoms with E-state index in [1.165, 1.54) is 16.4 Å². The fourth-order valence-corrected chi connectivity index (χ4v) is 15.3. The van der Waals surface area contributed by atoms with Gasteiger partial charge in [0.15, 0.2) is 0 Å². The van der Waals surface area contributed by atoms with Gasteiger partial charge in [0.25, 0.3) is 17.7 Å². The summed E-state index contributed by atoms with van der Waals surface area (Å²) in [6, 6.07) is 19.1. The number of amidine groups is 3. The molecule has 2 unspecified atom stereocenters. The van der Waals surface area contributed by atoms with Gasteiger partial charge in [-0.15, -0.1) is 11.6 Å². The highest BCUT2D eigenvalue weighted by atomic mass is 79.9. The van der Waals surface area contributed by atoms with E-state index in [4.69, 9.17) is 47.1 Å². The molecule has 622 valence electrons. The molecule has 3 amide bonds. The van der Waals surface area contributed by atoms with Crippen LogP contribution in [0.15, 0.2) is 128 Å². The number of aryl methyl sites for hydroxylation is 2. The van der Waals surface area contributed by atoms with Gasteiger partial charge in [-0.05, 0) is 155 Å². The third-order valence-corrected chi connectivity index (χ3v) is 23.6. The number of aliphatic hydroxyl groups is 4. The van der Waals surface area contributed by atoms with Crippen LogP contribution in [0.4, 0.5) is 52.7 Å². The van der Waals surface area contributed by atoms with Gasteiger partial charge in [-0.2, -0.15) is 48.1 Å². The Morgan fingerprint density at radius 3 is 1.25 bits per heavy atom. The average molecular weight is 1770 g/mol. The monoisotopic (exact) mass is 1770 g/mol. The Kier molecular flexibility index (Phi) is 32.8. The second kappa shape index (κ2) is 39.4. The summed E-state index contributed by atoms with van der Waals surface area (Å²) in [5.74, 6) is -5.62. The van der Waals surface area contributed by atoms with E-state index in [0.29, 0.717) is 68.5 Å². The van der Waals surface area contributed by atoms with Crippen molar-refractivity contribution in [2.24, 2.45) is 15.0 Å². The minimum absolute atomic E-state index is 0. The van der Waals surface area contributed by atoms with Crippen LogP contribution in [0.1, 0.15) is 109 Å². The van der Waals surface area contributed by atoms with Crippen LogP contribution < -0.4 is 30.7 Å². The second-order valence-electron chi connectivity index (χ2n) is 25.7. The molecule has 0 bridgehead atoms. The lowest BCUT2D eigenvalue weighted by Gasteiger charge is -2.34. The highest BCUT2D eigenvalue weighted by molar-refractivity contribution is 9.10. The lowest BCUT2D eigenvalue weighted by Crippen LogP contribution is -2.50. The maximum atomic E-state index is 14.6. The summed E-state index contributed by atoms with van der Waals surface area (Å²) in [4.78, 5) is 49.9. The Morgan fingerprint density at radius 2 is 0.929 bits per heavy atom. The zero-order valence-corrected chi connectivity index (χ0v) is 64.9. The summed E-state index contributed by atoms with van der Waals surface area (Å²) in [6.45, 7) is 7.99. The van der Waals surface area contributed by atoms with Crippen LogP contribution in [-0.4, -0.2) is 196 Å². The van der Waals surface area contributed by atoms with E-state index in [9.17, 15) is 97.4 Å². The van der Waals surface area contributed by atoms with Crippen LogP contribution in [0.3, 0.4) is 0 Å². The Balaban J connectivity index is 0.000000240. The summed E-state index contributed by atoms with van der Waals surface area (Å²) in [6.07, 6.45) is -13.2. The Morgan fingerprint density at radius 1 is 0.575 bits per heavy atom. The third kappa shape index (κ3) is 24.7. The predicted octanol–water partition coefficient (Wildman–Crippen LogP) is 10.2. The molecule has 0 aliphatic carbocycles. The van der Waals surface area contributed by atoms with Gasteiger partial charge < -0.3 is 51.2 Å². The quantitative estimate of drug-likeness (QED) is 0.0204. The molecule has 0 radical (unpaired) electrons. The zero-order valence-electron chi connectivity index (χ0n) is 59.3. The molecule has 6 aliphatic heterocycles. The van der Waals surface area contributed by atoms with Crippen LogP contribution in [0.2, 0.25) is 0 Å². The number of aliphatic imine (C=N–C) groups is 3. The van der Waals surface area contributed by atoms with Crippen molar-refractivity contribution in [2.75, 3.05) is 77.3 Å². The molecule has 113 heavy (non-hydrogen) atoms. The molecule has 2 atom stereocenters. The van der Waals surface area contributed by atoms with Crippen molar-refractivity contribution in [3.05, 3.63) is 180 Å². The first kappa shape index (κ1) is 94.2. The number of halogens is 15. The molecule has 3 fully saturated rings. The normalized spacial score (nSPS) is 18.1. The molecule has 3 saturated heterocycles. The van der Waals surface area contributed by atoms with Crippen LogP contribution in [0, 0.1) is 31.3 Å². The van der Waals surface area contributed by atoms with E-state index in [-0.39, 0.29) is 126 Å². The van der Waals surface area contributed by atoms with Crippen LogP contribution in [-0.2, 0) is 62.0 Å². The largest absolute Gasteiger partial charge is 0.493 e. The van der Waals surface area contributed by atoms with Crippen LogP contribution in [0.25, 0.3) is 6.08 Å². The first-order chi connectivity index (χ1) is 52.3. The average Bonchev–Trinajstić information content (AvgIpc) is 1.71. The van der Waals surface area contributed by atoms with Crippen molar-refractivity contribution in [3.8, 4) is 11.5 Å². The molecule has 0 aromatic heterocycles.